The quantitative estimate of drug-likeness (QED) is 0.618. The Balaban J connectivity index is 3.37. The summed E-state index contributed by atoms with van der Waals surface area (Å²) in [5.41, 5.74) is -0.414. The average molecular weight is 307 g/mol. The highest BCUT2D eigenvalue weighted by atomic mass is 35.5. The van der Waals surface area contributed by atoms with E-state index < -0.39 is 20.6 Å². The maximum Gasteiger partial charge on any atom is 0.289 e. The van der Waals surface area contributed by atoms with Crippen molar-refractivity contribution >= 4 is 27.3 Å². The molecule has 1 aromatic carbocycles. The zero-order valence-electron chi connectivity index (χ0n) is 10.8. The maximum atomic E-state index is 12.4. The molecule has 0 saturated heterocycles. The van der Waals surface area contributed by atoms with Crippen LogP contribution in [0.4, 0.5) is 5.69 Å². The molecular weight excluding hydrogens is 292 g/mol. The molecule has 0 amide bonds. The topological polar surface area (TPSA) is 80.5 Å². The van der Waals surface area contributed by atoms with Gasteiger partial charge in [-0.05, 0) is 26.0 Å². The van der Waals surface area contributed by atoms with Gasteiger partial charge in [0.25, 0.3) is 5.69 Å². The summed E-state index contributed by atoms with van der Waals surface area (Å²) in [5.74, 6) is 0. The summed E-state index contributed by atoms with van der Waals surface area (Å²) in [6, 6.07) is 3.25. The lowest BCUT2D eigenvalue weighted by molar-refractivity contribution is -0.384. The molecule has 0 saturated carbocycles. The van der Waals surface area contributed by atoms with Crippen molar-refractivity contribution < 1.29 is 13.3 Å². The van der Waals surface area contributed by atoms with Gasteiger partial charge in [0.1, 0.15) is 5.02 Å². The summed E-state index contributed by atoms with van der Waals surface area (Å²) in [7, 11) is -3.75. The fourth-order valence-electron chi connectivity index (χ4n) is 1.74. The lowest BCUT2D eigenvalue weighted by Crippen LogP contribution is -2.36. The summed E-state index contributed by atoms with van der Waals surface area (Å²) in [4.78, 5) is 9.96. The molecule has 0 atom stereocenters. The van der Waals surface area contributed by atoms with Gasteiger partial charge in [-0.15, -0.1) is 0 Å². The van der Waals surface area contributed by atoms with Crippen LogP contribution in [-0.2, 0) is 10.0 Å². The van der Waals surface area contributed by atoms with Crippen LogP contribution in [0.5, 0.6) is 0 Å². The molecular formula is C11H15ClN2O4S. The Morgan fingerprint density at radius 3 is 2.42 bits per heavy atom. The van der Waals surface area contributed by atoms with E-state index in [1.165, 1.54) is 16.4 Å². The number of hydrogen-bond donors (Lipinski definition) is 0. The Morgan fingerprint density at radius 2 is 2.00 bits per heavy atom. The molecule has 1 rings (SSSR count). The van der Waals surface area contributed by atoms with Gasteiger partial charge in [0, 0.05) is 18.7 Å². The van der Waals surface area contributed by atoms with Gasteiger partial charge in [0.15, 0.2) is 0 Å². The van der Waals surface area contributed by atoms with Crippen LogP contribution in [0.2, 0.25) is 5.02 Å². The van der Waals surface area contributed by atoms with Gasteiger partial charge < -0.3 is 0 Å². The molecule has 0 aliphatic carbocycles. The van der Waals surface area contributed by atoms with E-state index in [9.17, 15) is 18.5 Å². The molecule has 0 fully saturated rings. The highest BCUT2D eigenvalue weighted by molar-refractivity contribution is 7.89. The molecule has 0 aromatic heterocycles. The van der Waals surface area contributed by atoms with Crippen molar-refractivity contribution in [2.45, 2.75) is 31.7 Å². The van der Waals surface area contributed by atoms with Crippen molar-refractivity contribution in [1.29, 1.82) is 0 Å². The molecule has 6 nitrogen and oxygen atoms in total. The van der Waals surface area contributed by atoms with Crippen LogP contribution < -0.4 is 0 Å². The number of rotatable bonds is 5. The van der Waals surface area contributed by atoms with Crippen LogP contribution in [0.3, 0.4) is 0 Å². The van der Waals surface area contributed by atoms with E-state index in [2.05, 4.69) is 0 Å². The molecule has 8 heteroatoms. The van der Waals surface area contributed by atoms with Crippen molar-refractivity contribution in [1.82, 2.24) is 4.31 Å². The summed E-state index contributed by atoms with van der Waals surface area (Å²) < 4.78 is 26.0. The van der Waals surface area contributed by atoms with E-state index in [4.69, 9.17) is 11.6 Å². The molecule has 0 spiro atoms. The van der Waals surface area contributed by atoms with E-state index in [1.807, 2.05) is 0 Å². The van der Waals surface area contributed by atoms with Gasteiger partial charge >= 0.3 is 0 Å². The van der Waals surface area contributed by atoms with E-state index in [1.54, 1.807) is 20.8 Å². The standard InChI is InChI=1S/C11H15ClN2O4S/c1-4-13(8(2)3)19(17,18)9-5-6-10(12)11(7-9)14(15)16/h5-8H,4H2,1-3H3. The molecule has 1 aromatic rings. The van der Waals surface area contributed by atoms with Gasteiger partial charge in [-0.25, -0.2) is 8.42 Å². The third kappa shape index (κ3) is 3.23. The minimum atomic E-state index is -3.75. The predicted molar refractivity (Wildman–Crippen MR) is 72.8 cm³/mol. The monoisotopic (exact) mass is 306 g/mol. The lowest BCUT2D eigenvalue weighted by Gasteiger charge is -2.24. The number of benzene rings is 1. The number of sulfonamides is 1. The van der Waals surface area contributed by atoms with Crippen molar-refractivity contribution in [3.63, 3.8) is 0 Å². The van der Waals surface area contributed by atoms with Crippen LogP contribution in [0, 0.1) is 10.1 Å². The normalized spacial score (nSPS) is 12.1. The maximum absolute atomic E-state index is 12.4. The zero-order valence-corrected chi connectivity index (χ0v) is 12.4. The lowest BCUT2D eigenvalue weighted by atomic mass is 10.3. The molecule has 0 N–H and O–H groups in total. The fourth-order valence-corrected chi connectivity index (χ4v) is 3.59. The molecule has 106 valence electrons. The minimum absolute atomic E-state index is 0.0865. The first-order valence-corrected chi connectivity index (χ1v) is 7.49. The van der Waals surface area contributed by atoms with Crippen LogP contribution in [-0.4, -0.2) is 30.2 Å². The number of hydrogen-bond acceptors (Lipinski definition) is 4. The molecule has 0 aliphatic heterocycles. The van der Waals surface area contributed by atoms with Crippen molar-refractivity contribution in [2.75, 3.05) is 6.54 Å². The van der Waals surface area contributed by atoms with Gasteiger partial charge in [0.2, 0.25) is 10.0 Å². The summed E-state index contributed by atoms with van der Waals surface area (Å²) in [5, 5.41) is 10.7. The highest BCUT2D eigenvalue weighted by Gasteiger charge is 2.27. The molecule has 0 aliphatic rings. The van der Waals surface area contributed by atoms with E-state index in [0.29, 0.717) is 0 Å². The van der Waals surface area contributed by atoms with Gasteiger partial charge in [0.05, 0.1) is 9.82 Å². The first kappa shape index (κ1) is 15.9. The number of nitrogens with zero attached hydrogens (tertiary/aromatic N) is 2. The summed E-state index contributed by atoms with van der Waals surface area (Å²) in [6.07, 6.45) is 0. The first-order valence-electron chi connectivity index (χ1n) is 5.67. The van der Waals surface area contributed by atoms with Crippen molar-refractivity contribution in [3.8, 4) is 0 Å². The van der Waals surface area contributed by atoms with Crippen LogP contribution in [0.15, 0.2) is 23.1 Å². The largest absolute Gasteiger partial charge is 0.289 e. The molecule has 0 unspecified atom stereocenters. The second-order valence-corrected chi connectivity index (χ2v) is 6.47. The molecule has 0 heterocycles. The second-order valence-electron chi connectivity index (χ2n) is 4.17. The Kier molecular flexibility index (Phi) is 4.89. The van der Waals surface area contributed by atoms with Gasteiger partial charge in [-0.2, -0.15) is 4.31 Å². The van der Waals surface area contributed by atoms with Gasteiger partial charge in [-0.3, -0.25) is 10.1 Å². The fraction of sp³-hybridized carbons (Fsp3) is 0.455. The highest BCUT2D eigenvalue weighted by Crippen LogP contribution is 2.28. The summed E-state index contributed by atoms with van der Waals surface area (Å²) >= 11 is 5.67. The van der Waals surface area contributed by atoms with E-state index in [0.717, 1.165) is 6.07 Å². The van der Waals surface area contributed by atoms with Crippen LogP contribution in [0.1, 0.15) is 20.8 Å². The molecule has 0 bridgehead atoms. The Labute approximate surface area is 117 Å². The SMILES string of the molecule is CCN(C(C)C)S(=O)(=O)c1ccc(Cl)c([N+](=O)[O-])c1. The average Bonchev–Trinajstić information content (AvgIpc) is 2.28. The first-order chi connectivity index (χ1) is 8.71. The minimum Gasteiger partial charge on any atom is -0.258 e. The van der Waals surface area contributed by atoms with Crippen LogP contribution >= 0.6 is 11.6 Å². The van der Waals surface area contributed by atoms with Crippen LogP contribution in [0.25, 0.3) is 0 Å². The third-order valence-electron chi connectivity index (χ3n) is 2.61. The Bertz CT molecular complexity index is 586. The van der Waals surface area contributed by atoms with E-state index in [-0.39, 0.29) is 22.5 Å². The number of nitro benzene ring substituents is 1. The van der Waals surface area contributed by atoms with E-state index >= 15 is 0 Å². The second kappa shape index (κ2) is 5.85. The predicted octanol–water partition coefficient (Wildman–Crippen LogP) is 2.67. The third-order valence-corrected chi connectivity index (χ3v) is 5.08. The van der Waals surface area contributed by atoms with Gasteiger partial charge in [-0.1, -0.05) is 18.5 Å². The molecule has 19 heavy (non-hydrogen) atoms. The smallest absolute Gasteiger partial charge is 0.258 e. The van der Waals surface area contributed by atoms with Crippen molar-refractivity contribution in [3.05, 3.63) is 33.3 Å². The zero-order chi connectivity index (χ0) is 14.8. The van der Waals surface area contributed by atoms with Crippen molar-refractivity contribution in [2.24, 2.45) is 0 Å². The Hall–Kier alpha value is -1.18. The number of nitro groups is 1. The number of halogens is 1. The Morgan fingerprint density at radius 1 is 1.42 bits per heavy atom. The molecule has 0 radical (unpaired) electrons. The summed E-state index contributed by atoms with van der Waals surface area (Å²) in [6.45, 7) is 5.48.